The lowest BCUT2D eigenvalue weighted by Gasteiger charge is -2.29. The van der Waals surface area contributed by atoms with Crippen molar-refractivity contribution in [2.45, 2.75) is 0 Å². The maximum Gasteiger partial charge on any atom is 0.101 e. The molecule has 18 rings (SSSR count). The molecule has 6 heteroatoms. The highest BCUT2D eigenvalue weighted by molar-refractivity contribution is 6.22. The molecule has 394 valence electrons. The number of aromatic nitrogens is 5. The van der Waals surface area contributed by atoms with E-state index in [-0.39, 0.29) is 0 Å². The fraction of sp³-hybridized carbons (Fsp3) is 0. The molecule has 0 bridgehead atoms. The minimum absolute atomic E-state index is 0.549. The second-order valence-corrected chi connectivity index (χ2v) is 22.2. The van der Waals surface area contributed by atoms with Crippen LogP contribution in [0.15, 0.2) is 291 Å². The minimum Gasteiger partial charge on any atom is -0.309 e. The van der Waals surface area contributed by atoms with E-state index in [4.69, 9.17) is 0 Å². The van der Waals surface area contributed by atoms with Gasteiger partial charge in [-0.05, 0) is 72.8 Å². The van der Waals surface area contributed by atoms with E-state index in [0.29, 0.717) is 5.56 Å². The molecule has 18 aromatic rings. The number of rotatable bonds is 7. The van der Waals surface area contributed by atoms with Crippen molar-refractivity contribution in [3.8, 4) is 56.8 Å². The van der Waals surface area contributed by atoms with Crippen LogP contribution in [0.3, 0.4) is 0 Å². The van der Waals surface area contributed by atoms with Gasteiger partial charge in [0.15, 0.2) is 0 Å². The summed E-state index contributed by atoms with van der Waals surface area (Å²) in [6.07, 6.45) is 0. The van der Waals surface area contributed by atoms with E-state index in [1.807, 2.05) is 0 Å². The van der Waals surface area contributed by atoms with Gasteiger partial charge in [-0.15, -0.1) is 0 Å². The Balaban J connectivity index is 1.21. The van der Waals surface area contributed by atoms with E-state index in [9.17, 15) is 5.26 Å². The summed E-state index contributed by atoms with van der Waals surface area (Å²) in [5.41, 5.74) is 19.2. The van der Waals surface area contributed by atoms with Crippen LogP contribution in [0, 0.1) is 11.3 Å². The molecule has 6 nitrogen and oxygen atoms in total. The average molecular weight is 1080 g/mol. The van der Waals surface area contributed by atoms with Gasteiger partial charge in [-0.2, -0.15) is 5.26 Å². The van der Waals surface area contributed by atoms with Gasteiger partial charge in [0.2, 0.25) is 0 Å². The molecule has 85 heavy (non-hydrogen) atoms. The molecule has 0 saturated heterocycles. The zero-order valence-corrected chi connectivity index (χ0v) is 45.9. The molecule has 0 spiro atoms. The molecule has 0 N–H and O–H groups in total. The standard InChI is InChI=1S/C79H48N6/c80-49-64-73(62-39-23-37-60-58-35-13-15-41-65(58)81(75(60)62)50-25-3-1-4-26-50)77(83-67-43-17-7-29-52(67)53-30-8-18-44-68(53)83)79(85-71-47-21-11-33-56(71)57-34-12-22-48-72(57)85)78(84-69-45-19-9-31-54(69)55-32-10-20-46-70(55)84)74(64)63-40-24-38-61-59-36-14-16-42-66(59)82(76(61)63)51-27-5-2-6-28-51/h1-48H. The molecule has 0 saturated carbocycles. The highest BCUT2D eigenvalue weighted by Crippen LogP contribution is 2.55. The predicted molar refractivity (Wildman–Crippen MR) is 354 cm³/mol. The predicted octanol–water partition coefficient (Wildman–Crippen LogP) is 20.4. The van der Waals surface area contributed by atoms with Gasteiger partial charge in [0.25, 0.3) is 0 Å². The van der Waals surface area contributed by atoms with E-state index < -0.39 is 0 Å². The number of hydrogen-bond acceptors (Lipinski definition) is 1. The Morgan fingerprint density at radius 3 is 0.741 bits per heavy atom. The molecule has 0 unspecified atom stereocenters. The molecule has 0 aliphatic carbocycles. The Morgan fingerprint density at radius 2 is 0.447 bits per heavy atom. The lowest BCUT2D eigenvalue weighted by Crippen LogP contribution is -2.15. The number of para-hydroxylation sites is 12. The Hall–Kier alpha value is -11.7. The van der Waals surface area contributed by atoms with Gasteiger partial charge in [0.05, 0.1) is 77.8 Å². The minimum atomic E-state index is 0.549. The SMILES string of the molecule is N#Cc1c(-c2cccc3c4ccccc4n(-c4ccccc4)c23)c(-n2c3ccccc3c3ccccc32)c(-n2c3ccccc3c3ccccc32)c(-n2c3ccccc3c3ccccc32)c1-c1cccc2c3ccccc3n(-c3ccccc3)c12. The summed E-state index contributed by atoms with van der Waals surface area (Å²) in [6.45, 7) is 0. The van der Waals surface area contributed by atoms with Gasteiger partial charge in [-0.3, -0.25) is 0 Å². The van der Waals surface area contributed by atoms with Crippen LogP contribution in [-0.2, 0) is 0 Å². The maximum atomic E-state index is 13.3. The second-order valence-electron chi connectivity index (χ2n) is 22.2. The van der Waals surface area contributed by atoms with Gasteiger partial charge >= 0.3 is 0 Å². The lowest BCUT2D eigenvalue weighted by molar-refractivity contribution is 1.05. The summed E-state index contributed by atoms with van der Waals surface area (Å²) in [7, 11) is 0. The Bertz CT molecular complexity index is 5400. The molecular weight excluding hydrogens is 1030 g/mol. The molecule has 0 fully saturated rings. The number of hydrogen-bond donors (Lipinski definition) is 0. The topological polar surface area (TPSA) is 48.4 Å². The van der Waals surface area contributed by atoms with Crippen molar-refractivity contribution in [3.05, 3.63) is 297 Å². The molecule has 0 amide bonds. The molecular formula is C79H48N6. The van der Waals surface area contributed by atoms with Crippen molar-refractivity contribution in [2.75, 3.05) is 0 Å². The fourth-order valence-electron chi connectivity index (χ4n) is 14.6. The highest BCUT2D eigenvalue weighted by Gasteiger charge is 2.36. The molecule has 13 aromatic carbocycles. The van der Waals surface area contributed by atoms with Crippen LogP contribution in [0.5, 0.6) is 0 Å². The molecule has 0 aliphatic heterocycles. The zero-order chi connectivity index (χ0) is 55.9. The molecule has 5 aromatic heterocycles. The number of nitrogens with zero attached hydrogens (tertiary/aromatic N) is 6. The summed E-state index contributed by atoms with van der Waals surface area (Å²) < 4.78 is 12.4. The summed E-state index contributed by atoms with van der Waals surface area (Å²) >= 11 is 0. The monoisotopic (exact) mass is 1080 g/mol. The van der Waals surface area contributed by atoms with Crippen molar-refractivity contribution in [3.63, 3.8) is 0 Å². The van der Waals surface area contributed by atoms with E-state index in [1.165, 1.54) is 0 Å². The van der Waals surface area contributed by atoms with E-state index >= 15 is 0 Å². The fourth-order valence-corrected chi connectivity index (χ4v) is 14.6. The van der Waals surface area contributed by atoms with Gasteiger partial charge in [-0.25, -0.2) is 0 Å². The average Bonchev–Trinajstić information content (AvgIpc) is 1.78. The van der Waals surface area contributed by atoms with Crippen molar-refractivity contribution < 1.29 is 0 Å². The molecule has 0 radical (unpaired) electrons. The first-order chi connectivity index (χ1) is 42.2. The van der Waals surface area contributed by atoms with Gasteiger partial charge in [0, 0.05) is 87.5 Å². The normalized spacial score (nSPS) is 12.0. The molecule has 5 heterocycles. The van der Waals surface area contributed by atoms with Gasteiger partial charge in [0.1, 0.15) is 6.07 Å². The third-order valence-corrected chi connectivity index (χ3v) is 17.9. The second kappa shape index (κ2) is 18.2. The van der Waals surface area contributed by atoms with Crippen molar-refractivity contribution in [1.29, 1.82) is 5.26 Å². The highest BCUT2D eigenvalue weighted by atomic mass is 15.1. The van der Waals surface area contributed by atoms with Gasteiger partial charge < -0.3 is 22.8 Å². The first-order valence-corrected chi connectivity index (χ1v) is 29.0. The smallest absolute Gasteiger partial charge is 0.101 e. The quantitative estimate of drug-likeness (QED) is 0.157. The largest absolute Gasteiger partial charge is 0.309 e. The summed E-state index contributed by atoms with van der Waals surface area (Å²) in [4.78, 5) is 0. The Kier molecular flexibility index (Phi) is 10.1. The molecule has 0 atom stereocenters. The van der Waals surface area contributed by atoms with Crippen LogP contribution < -0.4 is 0 Å². The van der Waals surface area contributed by atoms with Crippen molar-refractivity contribution >= 4 is 109 Å². The first kappa shape index (κ1) is 47.0. The van der Waals surface area contributed by atoms with Crippen molar-refractivity contribution in [1.82, 2.24) is 22.8 Å². The van der Waals surface area contributed by atoms with Gasteiger partial charge in [-0.1, -0.05) is 218 Å². The number of benzene rings is 13. The van der Waals surface area contributed by atoms with Crippen LogP contribution in [0.1, 0.15) is 5.56 Å². The number of fused-ring (bicyclic) bond motifs is 15. The molecule has 0 aliphatic rings. The third-order valence-electron chi connectivity index (χ3n) is 17.9. The van der Waals surface area contributed by atoms with Crippen LogP contribution in [-0.4, -0.2) is 22.8 Å². The van der Waals surface area contributed by atoms with E-state index in [1.54, 1.807) is 0 Å². The lowest BCUT2D eigenvalue weighted by atomic mass is 9.86. The zero-order valence-electron chi connectivity index (χ0n) is 45.9. The van der Waals surface area contributed by atoms with Crippen LogP contribution in [0.2, 0.25) is 0 Å². The van der Waals surface area contributed by atoms with Crippen molar-refractivity contribution in [2.24, 2.45) is 0 Å². The Morgan fingerprint density at radius 1 is 0.212 bits per heavy atom. The summed E-state index contributed by atoms with van der Waals surface area (Å²) in [6, 6.07) is 109. The van der Waals surface area contributed by atoms with E-state index in [2.05, 4.69) is 320 Å². The van der Waals surface area contributed by atoms with E-state index in [0.717, 1.165) is 160 Å². The first-order valence-electron chi connectivity index (χ1n) is 29.0. The van der Waals surface area contributed by atoms with Crippen LogP contribution in [0.4, 0.5) is 0 Å². The maximum absolute atomic E-state index is 13.3. The Labute approximate surface area is 488 Å². The number of nitriles is 1. The van der Waals surface area contributed by atoms with Crippen LogP contribution >= 0.6 is 0 Å². The third kappa shape index (κ3) is 6.52. The van der Waals surface area contributed by atoms with Crippen LogP contribution in [0.25, 0.3) is 160 Å². The summed E-state index contributed by atoms with van der Waals surface area (Å²) in [5, 5.41) is 24.5. The summed E-state index contributed by atoms with van der Waals surface area (Å²) in [5.74, 6) is 0.